The van der Waals surface area contributed by atoms with Crippen LogP contribution in [0.1, 0.15) is 31.0 Å². The van der Waals surface area contributed by atoms with Gasteiger partial charge in [0.2, 0.25) is 5.91 Å². The predicted octanol–water partition coefficient (Wildman–Crippen LogP) is 3.97. The lowest BCUT2D eigenvalue weighted by atomic mass is 10.2. The number of fused-ring (bicyclic) bond motifs is 1. The highest BCUT2D eigenvalue weighted by atomic mass is 35.5. The molecule has 7 heteroatoms. The molecule has 0 spiro atoms. The number of ether oxygens (including phenoxy) is 1. The molecule has 0 aliphatic heterocycles. The molecule has 0 aliphatic rings. The summed E-state index contributed by atoms with van der Waals surface area (Å²) in [6, 6.07) is 7.46. The molecule has 1 aromatic carbocycles. The van der Waals surface area contributed by atoms with Gasteiger partial charge in [-0.25, -0.2) is 0 Å². The standard InChI is InChI=1S/C18H20ClN3O3/c1-10(2)18(23)20-8-13-5-12-6-15(19)17(7-16(12)21-13)24-9-14-4-11(3)25-22-14/h4-7,10,21H,8-9H2,1-3H3,(H,20,23). The zero-order valence-corrected chi connectivity index (χ0v) is 15.1. The van der Waals surface area contributed by atoms with E-state index < -0.39 is 0 Å². The van der Waals surface area contributed by atoms with E-state index in [0.29, 0.717) is 23.0 Å². The molecule has 0 radical (unpaired) electrons. The SMILES string of the molecule is Cc1cc(COc2cc3[nH]c(CNC(=O)C(C)C)cc3cc2Cl)no1. The topological polar surface area (TPSA) is 80.1 Å². The summed E-state index contributed by atoms with van der Waals surface area (Å²) in [6.45, 7) is 6.27. The van der Waals surface area contributed by atoms with Crippen molar-refractivity contribution in [3.8, 4) is 5.75 Å². The van der Waals surface area contributed by atoms with Crippen LogP contribution >= 0.6 is 11.6 Å². The van der Waals surface area contributed by atoms with Gasteiger partial charge in [0.25, 0.3) is 0 Å². The van der Waals surface area contributed by atoms with E-state index in [1.165, 1.54) is 0 Å². The average Bonchev–Trinajstić information content (AvgIpc) is 3.15. The summed E-state index contributed by atoms with van der Waals surface area (Å²) >= 11 is 6.30. The van der Waals surface area contributed by atoms with Gasteiger partial charge in [0.05, 0.1) is 11.6 Å². The molecule has 6 nitrogen and oxygen atoms in total. The van der Waals surface area contributed by atoms with Crippen LogP contribution in [0.15, 0.2) is 28.8 Å². The van der Waals surface area contributed by atoms with Gasteiger partial charge in [-0.15, -0.1) is 0 Å². The van der Waals surface area contributed by atoms with Gasteiger partial charge in [-0.05, 0) is 19.1 Å². The van der Waals surface area contributed by atoms with Crippen LogP contribution in [0.25, 0.3) is 10.9 Å². The number of aryl methyl sites for hydroxylation is 1. The Morgan fingerprint density at radius 2 is 2.16 bits per heavy atom. The van der Waals surface area contributed by atoms with Crippen molar-refractivity contribution in [1.29, 1.82) is 0 Å². The number of hydrogen-bond acceptors (Lipinski definition) is 4. The Hall–Kier alpha value is -2.47. The van der Waals surface area contributed by atoms with Gasteiger partial charge in [-0.2, -0.15) is 0 Å². The molecule has 0 saturated carbocycles. The maximum Gasteiger partial charge on any atom is 0.222 e. The minimum Gasteiger partial charge on any atom is -0.486 e. The van der Waals surface area contributed by atoms with E-state index in [0.717, 1.165) is 22.4 Å². The summed E-state index contributed by atoms with van der Waals surface area (Å²) in [6.07, 6.45) is 0. The third kappa shape index (κ3) is 4.14. The van der Waals surface area contributed by atoms with E-state index in [-0.39, 0.29) is 18.4 Å². The van der Waals surface area contributed by atoms with Gasteiger partial charge in [0.15, 0.2) is 0 Å². The van der Waals surface area contributed by atoms with Crippen LogP contribution in [0.4, 0.5) is 0 Å². The second-order valence-electron chi connectivity index (χ2n) is 6.25. The van der Waals surface area contributed by atoms with Crippen molar-refractivity contribution < 1.29 is 14.1 Å². The Morgan fingerprint density at radius 1 is 1.36 bits per heavy atom. The van der Waals surface area contributed by atoms with Crippen molar-refractivity contribution in [2.45, 2.75) is 33.9 Å². The van der Waals surface area contributed by atoms with Gasteiger partial charge in [-0.1, -0.05) is 30.6 Å². The summed E-state index contributed by atoms with van der Waals surface area (Å²) in [7, 11) is 0. The molecular formula is C18H20ClN3O3. The smallest absolute Gasteiger partial charge is 0.222 e. The minimum absolute atomic E-state index is 0.0172. The molecule has 132 valence electrons. The van der Waals surface area contributed by atoms with Crippen LogP contribution in [0.3, 0.4) is 0 Å². The number of carbonyl (C=O) groups excluding carboxylic acids is 1. The van der Waals surface area contributed by atoms with Gasteiger partial charge in [0, 0.05) is 34.6 Å². The van der Waals surface area contributed by atoms with E-state index in [9.17, 15) is 4.79 Å². The molecule has 25 heavy (non-hydrogen) atoms. The first-order chi connectivity index (χ1) is 11.9. The van der Waals surface area contributed by atoms with Gasteiger partial charge >= 0.3 is 0 Å². The first-order valence-corrected chi connectivity index (χ1v) is 8.44. The van der Waals surface area contributed by atoms with Crippen LogP contribution in [0, 0.1) is 12.8 Å². The second kappa shape index (κ2) is 7.19. The maximum absolute atomic E-state index is 11.7. The van der Waals surface area contributed by atoms with Crippen molar-refractivity contribution >= 4 is 28.4 Å². The Morgan fingerprint density at radius 3 is 2.84 bits per heavy atom. The fraction of sp³-hybridized carbons (Fsp3) is 0.333. The molecule has 3 aromatic rings. The number of H-pyrrole nitrogens is 1. The van der Waals surface area contributed by atoms with E-state index in [1.54, 1.807) is 0 Å². The number of rotatable bonds is 6. The van der Waals surface area contributed by atoms with Crippen molar-refractivity contribution in [1.82, 2.24) is 15.5 Å². The third-order valence-electron chi connectivity index (χ3n) is 3.76. The Labute approximate surface area is 150 Å². The van der Waals surface area contributed by atoms with E-state index in [1.807, 2.05) is 45.0 Å². The number of halogens is 1. The molecule has 0 aliphatic carbocycles. The Kier molecular flexibility index (Phi) is 4.99. The van der Waals surface area contributed by atoms with Crippen LogP contribution in [0.5, 0.6) is 5.75 Å². The quantitative estimate of drug-likeness (QED) is 0.696. The summed E-state index contributed by atoms with van der Waals surface area (Å²) < 4.78 is 10.8. The summed E-state index contributed by atoms with van der Waals surface area (Å²) in [5.74, 6) is 1.27. The van der Waals surface area contributed by atoms with Gasteiger partial charge in [-0.3, -0.25) is 4.79 Å². The number of amides is 1. The predicted molar refractivity (Wildman–Crippen MR) is 95.6 cm³/mol. The summed E-state index contributed by atoms with van der Waals surface area (Å²) in [5.41, 5.74) is 2.51. The Bertz CT molecular complexity index is 898. The molecule has 2 aromatic heterocycles. The number of nitrogens with one attached hydrogen (secondary N) is 2. The van der Waals surface area contributed by atoms with Gasteiger partial charge in [0.1, 0.15) is 23.8 Å². The van der Waals surface area contributed by atoms with E-state index in [2.05, 4.69) is 15.5 Å². The number of hydrogen-bond donors (Lipinski definition) is 2. The van der Waals surface area contributed by atoms with Crippen molar-refractivity contribution in [3.63, 3.8) is 0 Å². The molecule has 2 heterocycles. The van der Waals surface area contributed by atoms with E-state index in [4.69, 9.17) is 20.9 Å². The minimum atomic E-state index is -0.0426. The van der Waals surface area contributed by atoms with Gasteiger partial charge < -0.3 is 19.6 Å². The normalized spacial score (nSPS) is 11.2. The highest BCUT2D eigenvalue weighted by molar-refractivity contribution is 6.32. The third-order valence-corrected chi connectivity index (χ3v) is 4.05. The molecule has 0 bridgehead atoms. The Balaban J connectivity index is 1.72. The van der Waals surface area contributed by atoms with Crippen LogP contribution in [-0.4, -0.2) is 16.0 Å². The second-order valence-corrected chi connectivity index (χ2v) is 6.66. The zero-order chi connectivity index (χ0) is 18.0. The van der Waals surface area contributed by atoms with E-state index >= 15 is 0 Å². The molecule has 0 atom stereocenters. The molecule has 3 rings (SSSR count). The number of nitrogens with zero attached hydrogens (tertiary/aromatic N) is 1. The van der Waals surface area contributed by atoms with Crippen molar-refractivity contribution in [2.24, 2.45) is 5.92 Å². The highest BCUT2D eigenvalue weighted by Gasteiger charge is 2.11. The fourth-order valence-electron chi connectivity index (χ4n) is 2.42. The zero-order valence-electron chi connectivity index (χ0n) is 14.4. The number of aromatic amines is 1. The van der Waals surface area contributed by atoms with Crippen LogP contribution in [0.2, 0.25) is 5.02 Å². The fourth-order valence-corrected chi connectivity index (χ4v) is 2.65. The van der Waals surface area contributed by atoms with Crippen molar-refractivity contribution in [2.75, 3.05) is 0 Å². The summed E-state index contributed by atoms with van der Waals surface area (Å²) in [5, 5.41) is 8.25. The largest absolute Gasteiger partial charge is 0.486 e. The first kappa shape index (κ1) is 17.4. The van der Waals surface area contributed by atoms with Crippen LogP contribution in [-0.2, 0) is 17.9 Å². The number of carbonyl (C=O) groups is 1. The molecular weight excluding hydrogens is 342 g/mol. The summed E-state index contributed by atoms with van der Waals surface area (Å²) in [4.78, 5) is 15.0. The first-order valence-electron chi connectivity index (χ1n) is 8.06. The molecule has 0 unspecified atom stereocenters. The maximum atomic E-state index is 11.7. The average molecular weight is 362 g/mol. The number of benzene rings is 1. The highest BCUT2D eigenvalue weighted by Crippen LogP contribution is 2.31. The lowest BCUT2D eigenvalue weighted by Gasteiger charge is -2.06. The molecule has 2 N–H and O–H groups in total. The lowest BCUT2D eigenvalue weighted by molar-refractivity contribution is -0.124. The monoisotopic (exact) mass is 361 g/mol. The molecule has 1 amide bonds. The number of aromatic nitrogens is 2. The molecule has 0 saturated heterocycles. The van der Waals surface area contributed by atoms with Crippen molar-refractivity contribution in [3.05, 3.63) is 46.4 Å². The van der Waals surface area contributed by atoms with Crippen LogP contribution < -0.4 is 10.1 Å². The lowest BCUT2D eigenvalue weighted by Crippen LogP contribution is -2.27. The molecule has 0 fully saturated rings.